The average molecular weight is 488 g/mol. The molecule has 7 N–H and O–H groups in total. The molecule has 6 atom stereocenters. The number of hydrogen-bond acceptors (Lipinski definition) is 8. The lowest BCUT2D eigenvalue weighted by Gasteiger charge is -2.42. The zero-order valence-electron chi connectivity index (χ0n) is 20.1. The number of nitrogens with two attached hydrogens (primary N) is 1. The number of carbonyl (C=O) groups is 5. The van der Waals surface area contributed by atoms with E-state index < -0.39 is 72.4 Å². The quantitative estimate of drug-likeness (QED) is 0.165. The second-order valence-electron chi connectivity index (χ2n) is 8.42. The number of piperidine rings is 1. The van der Waals surface area contributed by atoms with E-state index in [4.69, 9.17) is 15.6 Å². The molecule has 0 aromatic carbocycles. The van der Waals surface area contributed by atoms with Crippen molar-refractivity contribution < 1.29 is 38.9 Å². The number of methoxy groups -OCH3 is 1. The van der Waals surface area contributed by atoms with Crippen LogP contribution in [0.5, 0.6) is 0 Å². The highest BCUT2D eigenvalue weighted by atomic mass is 16.5. The summed E-state index contributed by atoms with van der Waals surface area (Å²) in [4.78, 5) is 61.8. The number of carboxylic acid groups (broad SMARTS) is 1. The number of nitrogens with one attached hydrogen (secondary N) is 3. The van der Waals surface area contributed by atoms with Crippen LogP contribution in [0.25, 0.3) is 0 Å². The summed E-state index contributed by atoms with van der Waals surface area (Å²) in [5.41, 5.74) is 5.03. The smallest absolute Gasteiger partial charge is 0.326 e. The third kappa shape index (κ3) is 8.54. The predicted octanol–water partition coefficient (Wildman–Crippen LogP) is -2.31. The second-order valence-corrected chi connectivity index (χ2v) is 8.42. The first-order chi connectivity index (χ1) is 15.9. The van der Waals surface area contributed by atoms with Gasteiger partial charge in [0, 0.05) is 20.1 Å². The molecule has 13 nitrogen and oxygen atoms in total. The molecule has 13 heteroatoms. The highest BCUT2D eigenvalue weighted by Crippen LogP contribution is 2.25. The number of rotatable bonds is 13. The molecule has 34 heavy (non-hydrogen) atoms. The number of hydrogen-bond donors (Lipinski definition) is 6. The minimum Gasteiger partial charge on any atom is -0.480 e. The molecule has 0 aliphatic carbocycles. The number of aliphatic carboxylic acids is 1. The van der Waals surface area contributed by atoms with E-state index in [0.717, 1.165) is 0 Å². The number of carbonyl (C=O) groups excluding carboxylic acids is 4. The van der Waals surface area contributed by atoms with E-state index in [1.807, 2.05) is 0 Å². The van der Waals surface area contributed by atoms with Crippen molar-refractivity contribution >= 4 is 29.6 Å². The third-order valence-corrected chi connectivity index (χ3v) is 5.88. The maximum absolute atomic E-state index is 13.3. The van der Waals surface area contributed by atoms with E-state index in [-0.39, 0.29) is 12.8 Å². The van der Waals surface area contributed by atoms with E-state index in [1.54, 1.807) is 14.0 Å². The van der Waals surface area contributed by atoms with E-state index in [2.05, 4.69) is 16.0 Å². The van der Waals surface area contributed by atoms with Crippen molar-refractivity contribution in [1.82, 2.24) is 20.9 Å². The van der Waals surface area contributed by atoms with Gasteiger partial charge in [-0.05, 0) is 40.2 Å². The normalized spacial score (nSPS) is 21.6. The van der Waals surface area contributed by atoms with Crippen molar-refractivity contribution in [2.75, 3.05) is 20.7 Å². The van der Waals surface area contributed by atoms with Gasteiger partial charge >= 0.3 is 5.97 Å². The lowest BCUT2D eigenvalue weighted by atomic mass is 9.93. The van der Waals surface area contributed by atoms with Gasteiger partial charge < -0.3 is 41.5 Å². The highest BCUT2D eigenvalue weighted by Gasteiger charge is 2.39. The number of likely N-dealkylation sites (N-methyl/N-ethyl adjacent to an activating group) is 1. The SMILES string of the molecule is CN[C@H](C)C(=O)N[C@H](C(=O)N1CCC[C@H](OC)[C@@H]1CCC(=O)N[C@@H](CC(N)=O)C(=O)O)[C@H](C)O. The molecular weight excluding hydrogens is 450 g/mol. The number of amides is 4. The molecule has 0 unspecified atom stereocenters. The Labute approximate surface area is 198 Å². The molecule has 0 spiro atoms. The van der Waals surface area contributed by atoms with Crippen molar-refractivity contribution in [1.29, 1.82) is 0 Å². The lowest BCUT2D eigenvalue weighted by molar-refractivity contribution is -0.148. The Morgan fingerprint density at radius 3 is 2.32 bits per heavy atom. The molecule has 1 heterocycles. The first kappa shape index (κ1) is 29.3. The Hall–Kier alpha value is -2.77. The predicted molar refractivity (Wildman–Crippen MR) is 120 cm³/mol. The molecule has 194 valence electrons. The number of aliphatic hydroxyl groups excluding tert-OH is 1. The summed E-state index contributed by atoms with van der Waals surface area (Å²) < 4.78 is 5.52. The van der Waals surface area contributed by atoms with Gasteiger partial charge in [-0.25, -0.2) is 4.79 Å². The third-order valence-electron chi connectivity index (χ3n) is 5.88. The van der Waals surface area contributed by atoms with Crippen LogP contribution in [-0.2, 0) is 28.7 Å². The molecule has 1 rings (SSSR count). The van der Waals surface area contributed by atoms with Crippen LogP contribution in [0.1, 0.15) is 46.0 Å². The fourth-order valence-electron chi connectivity index (χ4n) is 3.84. The summed E-state index contributed by atoms with van der Waals surface area (Å²) in [7, 11) is 3.08. The monoisotopic (exact) mass is 487 g/mol. The minimum absolute atomic E-state index is 0.140. The van der Waals surface area contributed by atoms with E-state index in [0.29, 0.717) is 19.4 Å². The van der Waals surface area contributed by atoms with Gasteiger partial charge in [-0.3, -0.25) is 19.2 Å². The maximum atomic E-state index is 13.3. The lowest BCUT2D eigenvalue weighted by Crippen LogP contribution is -2.61. The molecule has 0 saturated carbocycles. The van der Waals surface area contributed by atoms with Crippen molar-refractivity contribution in [2.24, 2.45) is 5.73 Å². The number of aliphatic hydroxyl groups is 1. The number of ether oxygens (including phenoxy) is 1. The molecule has 0 aromatic heterocycles. The molecule has 1 aliphatic heterocycles. The van der Waals surface area contributed by atoms with Crippen molar-refractivity contribution in [3.8, 4) is 0 Å². The second kappa shape index (κ2) is 13.8. The van der Waals surface area contributed by atoms with Gasteiger partial charge in [-0.2, -0.15) is 0 Å². The van der Waals surface area contributed by atoms with Gasteiger partial charge in [0.1, 0.15) is 12.1 Å². The fraction of sp³-hybridized carbons (Fsp3) is 0.762. The Balaban J connectivity index is 2.97. The number of likely N-dealkylation sites (tertiary alicyclic amines) is 1. The molecule has 1 saturated heterocycles. The molecular formula is C21H37N5O8. The van der Waals surface area contributed by atoms with Gasteiger partial charge in [-0.15, -0.1) is 0 Å². The zero-order valence-corrected chi connectivity index (χ0v) is 20.1. The summed E-state index contributed by atoms with van der Waals surface area (Å²) in [6.07, 6.45) is -0.845. The van der Waals surface area contributed by atoms with Gasteiger partial charge in [0.05, 0.1) is 30.7 Å². The topological polar surface area (TPSA) is 200 Å². The number of nitrogens with zero attached hydrogens (tertiary/aromatic N) is 1. The standard InChI is InChI=1S/C21H37N5O8/c1-11(23-3)19(30)25-18(12(2)27)20(31)26-9-5-6-15(34-4)14(26)7-8-17(29)24-13(21(32)33)10-16(22)28/h11-15,18,23,27H,5-10H2,1-4H3,(H2,22,28)(H,24,29)(H,25,30)(H,32,33)/t11-,12+,13+,14+,15+,18+/m1/s1. The highest BCUT2D eigenvalue weighted by molar-refractivity contribution is 5.90. The summed E-state index contributed by atoms with van der Waals surface area (Å²) in [5, 5.41) is 27.0. The van der Waals surface area contributed by atoms with E-state index in [9.17, 15) is 29.1 Å². The summed E-state index contributed by atoms with van der Waals surface area (Å²) in [6.45, 7) is 3.35. The van der Waals surface area contributed by atoms with Crippen molar-refractivity contribution in [3.63, 3.8) is 0 Å². The molecule has 1 fully saturated rings. The number of primary amides is 1. The zero-order chi connectivity index (χ0) is 26.0. The Morgan fingerprint density at radius 2 is 1.82 bits per heavy atom. The van der Waals surface area contributed by atoms with Crippen LogP contribution < -0.4 is 21.7 Å². The van der Waals surface area contributed by atoms with Gasteiger partial charge in [0.15, 0.2) is 0 Å². The summed E-state index contributed by atoms with van der Waals surface area (Å²) in [5.74, 6) is -3.83. The summed E-state index contributed by atoms with van der Waals surface area (Å²) >= 11 is 0. The number of carboxylic acids is 1. The van der Waals surface area contributed by atoms with Crippen LogP contribution in [-0.4, -0.2) is 102 Å². The fourth-order valence-corrected chi connectivity index (χ4v) is 3.84. The minimum atomic E-state index is -1.45. The van der Waals surface area contributed by atoms with Gasteiger partial charge in [0.25, 0.3) is 0 Å². The van der Waals surface area contributed by atoms with Crippen LogP contribution in [0.2, 0.25) is 0 Å². The van der Waals surface area contributed by atoms with E-state index in [1.165, 1.54) is 18.9 Å². The van der Waals surface area contributed by atoms with Gasteiger partial charge in [-0.1, -0.05) is 0 Å². The Bertz CT molecular complexity index is 747. The van der Waals surface area contributed by atoms with Crippen LogP contribution in [0.3, 0.4) is 0 Å². The largest absolute Gasteiger partial charge is 0.480 e. The van der Waals surface area contributed by atoms with Crippen LogP contribution in [0.4, 0.5) is 0 Å². The van der Waals surface area contributed by atoms with Crippen molar-refractivity contribution in [2.45, 2.75) is 82.3 Å². The molecule has 0 radical (unpaired) electrons. The summed E-state index contributed by atoms with van der Waals surface area (Å²) in [6, 6.07) is -3.76. The molecule has 0 aromatic rings. The first-order valence-electron chi connectivity index (χ1n) is 11.2. The van der Waals surface area contributed by atoms with Gasteiger partial charge in [0.2, 0.25) is 23.6 Å². The van der Waals surface area contributed by atoms with E-state index >= 15 is 0 Å². The van der Waals surface area contributed by atoms with Crippen molar-refractivity contribution in [3.05, 3.63) is 0 Å². The molecule has 1 aliphatic rings. The molecule has 0 bridgehead atoms. The van der Waals surface area contributed by atoms with Crippen LogP contribution in [0.15, 0.2) is 0 Å². The van der Waals surface area contributed by atoms with Crippen LogP contribution in [0, 0.1) is 0 Å². The maximum Gasteiger partial charge on any atom is 0.326 e. The Morgan fingerprint density at radius 1 is 1.18 bits per heavy atom. The first-order valence-corrected chi connectivity index (χ1v) is 11.2. The average Bonchev–Trinajstić information content (AvgIpc) is 2.78. The van der Waals surface area contributed by atoms with Crippen LogP contribution >= 0.6 is 0 Å². The molecule has 4 amide bonds. The Kier molecular flexibility index (Phi) is 11.9.